The van der Waals surface area contributed by atoms with Crippen molar-refractivity contribution in [2.75, 3.05) is 31.3 Å². The summed E-state index contributed by atoms with van der Waals surface area (Å²) in [6.45, 7) is 4.78. The Morgan fingerprint density at radius 1 is 1.50 bits per heavy atom. The Kier molecular flexibility index (Phi) is 5.45. The number of carbonyl (C=O) groups is 1. The number of methoxy groups -OCH3 is 1. The number of anilines is 2. The smallest absolute Gasteiger partial charge is 0.242 e. The van der Waals surface area contributed by atoms with E-state index >= 15 is 0 Å². The summed E-state index contributed by atoms with van der Waals surface area (Å²) in [7, 11) is 1.60. The highest BCUT2D eigenvalue weighted by molar-refractivity contribution is 5.84. The lowest BCUT2D eigenvalue weighted by molar-refractivity contribution is -0.121. The minimum absolute atomic E-state index is 0.0541. The third-order valence-corrected chi connectivity index (χ3v) is 2.65. The number of amides is 1. The average molecular weight is 251 g/mol. The number of carbonyl (C=O) groups excluding carboxylic acids is 1. The van der Waals surface area contributed by atoms with Gasteiger partial charge in [-0.05, 0) is 37.6 Å². The van der Waals surface area contributed by atoms with Crippen molar-refractivity contribution in [1.82, 2.24) is 5.32 Å². The Balaban J connectivity index is 2.50. The van der Waals surface area contributed by atoms with Crippen LogP contribution in [0.4, 0.5) is 11.4 Å². The number of nitrogen functional groups attached to an aromatic ring is 1. The molecular formula is C13H21N3O2. The van der Waals surface area contributed by atoms with Gasteiger partial charge in [-0.3, -0.25) is 4.79 Å². The van der Waals surface area contributed by atoms with Gasteiger partial charge in [0.15, 0.2) is 0 Å². The van der Waals surface area contributed by atoms with Crippen LogP contribution >= 0.6 is 0 Å². The van der Waals surface area contributed by atoms with Crippen molar-refractivity contribution < 1.29 is 9.53 Å². The van der Waals surface area contributed by atoms with E-state index in [0.717, 1.165) is 16.9 Å². The monoisotopic (exact) mass is 251 g/mol. The Morgan fingerprint density at radius 3 is 2.83 bits per heavy atom. The van der Waals surface area contributed by atoms with E-state index in [1.165, 1.54) is 0 Å². The van der Waals surface area contributed by atoms with Crippen LogP contribution in [0.2, 0.25) is 0 Å². The third kappa shape index (κ3) is 4.25. The van der Waals surface area contributed by atoms with Gasteiger partial charge in [0.2, 0.25) is 5.91 Å². The third-order valence-electron chi connectivity index (χ3n) is 2.65. The van der Waals surface area contributed by atoms with Crippen LogP contribution in [0.1, 0.15) is 12.5 Å². The molecule has 0 saturated carbocycles. The van der Waals surface area contributed by atoms with Crippen molar-refractivity contribution >= 4 is 17.3 Å². The number of benzene rings is 1. The zero-order chi connectivity index (χ0) is 13.5. The minimum atomic E-state index is -0.301. The van der Waals surface area contributed by atoms with Crippen LogP contribution < -0.4 is 16.4 Å². The second kappa shape index (κ2) is 6.86. The van der Waals surface area contributed by atoms with E-state index in [2.05, 4.69) is 10.6 Å². The lowest BCUT2D eigenvalue weighted by atomic mass is 10.1. The van der Waals surface area contributed by atoms with Gasteiger partial charge in [0.05, 0.1) is 6.61 Å². The summed E-state index contributed by atoms with van der Waals surface area (Å²) < 4.78 is 4.87. The SMILES string of the molecule is COCCNC(=O)C(C)Nc1ccc(N)c(C)c1. The second-order valence-electron chi connectivity index (χ2n) is 4.22. The first kappa shape index (κ1) is 14.3. The molecule has 1 amide bonds. The highest BCUT2D eigenvalue weighted by atomic mass is 16.5. The van der Waals surface area contributed by atoms with Crippen LogP contribution in [-0.4, -0.2) is 32.2 Å². The first-order chi connectivity index (χ1) is 8.54. The first-order valence-electron chi connectivity index (χ1n) is 5.94. The fraction of sp³-hybridized carbons (Fsp3) is 0.462. The molecule has 1 aromatic rings. The van der Waals surface area contributed by atoms with Crippen molar-refractivity contribution in [3.05, 3.63) is 23.8 Å². The summed E-state index contributed by atoms with van der Waals surface area (Å²) >= 11 is 0. The number of rotatable bonds is 6. The second-order valence-corrected chi connectivity index (χ2v) is 4.22. The van der Waals surface area contributed by atoms with E-state index < -0.39 is 0 Å². The maximum atomic E-state index is 11.7. The minimum Gasteiger partial charge on any atom is -0.399 e. The molecule has 100 valence electrons. The highest BCUT2D eigenvalue weighted by Crippen LogP contribution is 2.17. The fourth-order valence-electron chi connectivity index (χ4n) is 1.51. The molecule has 1 unspecified atom stereocenters. The molecule has 0 bridgehead atoms. The lowest BCUT2D eigenvalue weighted by Crippen LogP contribution is -2.39. The van der Waals surface area contributed by atoms with E-state index in [9.17, 15) is 4.79 Å². The van der Waals surface area contributed by atoms with E-state index in [1.54, 1.807) is 7.11 Å². The molecule has 5 heteroatoms. The van der Waals surface area contributed by atoms with E-state index in [4.69, 9.17) is 10.5 Å². The molecule has 0 heterocycles. The first-order valence-corrected chi connectivity index (χ1v) is 5.94. The number of nitrogens with one attached hydrogen (secondary N) is 2. The number of aryl methyl sites for hydroxylation is 1. The van der Waals surface area contributed by atoms with Crippen molar-refractivity contribution in [1.29, 1.82) is 0 Å². The molecule has 1 atom stereocenters. The molecule has 4 N–H and O–H groups in total. The summed E-state index contributed by atoms with van der Waals surface area (Å²) in [4.78, 5) is 11.7. The molecule has 0 aliphatic heterocycles. The van der Waals surface area contributed by atoms with Gasteiger partial charge in [-0.1, -0.05) is 0 Å². The molecule has 0 radical (unpaired) electrons. The Bertz CT molecular complexity index is 407. The van der Waals surface area contributed by atoms with Gasteiger partial charge >= 0.3 is 0 Å². The van der Waals surface area contributed by atoms with Crippen molar-refractivity contribution in [2.45, 2.75) is 19.9 Å². The molecule has 18 heavy (non-hydrogen) atoms. The zero-order valence-electron chi connectivity index (χ0n) is 11.1. The maximum Gasteiger partial charge on any atom is 0.242 e. The normalized spacial score (nSPS) is 11.9. The highest BCUT2D eigenvalue weighted by Gasteiger charge is 2.11. The topological polar surface area (TPSA) is 76.4 Å². The molecule has 5 nitrogen and oxygen atoms in total. The largest absolute Gasteiger partial charge is 0.399 e. The molecule has 0 aliphatic rings. The van der Waals surface area contributed by atoms with Gasteiger partial charge in [-0.2, -0.15) is 0 Å². The Morgan fingerprint density at radius 2 is 2.22 bits per heavy atom. The number of nitrogens with two attached hydrogens (primary N) is 1. The number of hydrogen-bond donors (Lipinski definition) is 3. The van der Waals surface area contributed by atoms with Crippen LogP contribution in [0.5, 0.6) is 0 Å². The van der Waals surface area contributed by atoms with Crippen molar-refractivity contribution in [3.63, 3.8) is 0 Å². The molecule has 0 fully saturated rings. The van der Waals surface area contributed by atoms with Gasteiger partial charge in [0.1, 0.15) is 6.04 Å². The van der Waals surface area contributed by atoms with Gasteiger partial charge in [-0.25, -0.2) is 0 Å². The summed E-state index contributed by atoms with van der Waals surface area (Å²) in [6.07, 6.45) is 0. The number of hydrogen-bond acceptors (Lipinski definition) is 4. The summed E-state index contributed by atoms with van der Waals surface area (Å²) in [6, 6.07) is 5.31. The summed E-state index contributed by atoms with van der Waals surface area (Å²) in [5.41, 5.74) is 8.37. The molecule has 1 aromatic carbocycles. The lowest BCUT2D eigenvalue weighted by Gasteiger charge is -2.16. The maximum absolute atomic E-state index is 11.7. The van der Waals surface area contributed by atoms with Crippen LogP contribution in [0, 0.1) is 6.92 Å². The summed E-state index contributed by atoms with van der Waals surface area (Å²) in [5, 5.41) is 5.91. The molecule has 0 aromatic heterocycles. The Labute approximate surface area is 108 Å². The van der Waals surface area contributed by atoms with Gasteiger partial charge in [0, 0.05) is 25.0 Å². The van der Waals surface area contributed by atoms with Crippen LogP contribution in [0.3, 0.4) is 0 Å². The van der Waals surface area contributed by atoms with E-state index in [1.807, 2.05) is 32.0 Å². The zero-order valence-corrected chi connectivity index (χ0v) is 11.1. The van der Waals surface area contributed by atoms with Gasteiger partial charge in [0.25, 0.3) is 0 Å². The number of ether oxygens (including phenoxy) is 1. The van der Waals surface area contributed by atoms with Gasteiger partial charge < -0.3 is 21.1 Å². The van der Waals surface area contributed by atoms with E-state index in [0.29, 0.717) is 13.2 Å². The molecule has 0 saturated heterocycles. The van der Waals surface area contributed by atoms with Crippen molar-refractivity contribution in [2.24, 2.45) is 0 Å². The summed E-state index contributed by atoms with van der Waals surface area (Å²) in [5.74, 6) is -0.0541. The predicted molar refractivity (Wildman–Crippen MR) is 73.6 cm³/mol. The van der Waals surface area contributed by atoms with Gasteiger partial charge in [-0.15, -0.1) is 0 Å². The van der Waals surface area contributed by atoms with Crippen LogP contribution in [-0.2, 0) is 9.53 Å². The average Bonchev–Trinajstić information content (AvgIpc) is 2.34. The predicted octanol–water partition coefficient (Wildman–Crippen LogP) is 1.14. The molecule has 0 aliphatic carbocycles. The van der Waals surface area contributed by atoms with Crippen LogP contribution in [0.15, 0.2) is 18.2 Å². The van der Waals surface area contributed by atoms with Crippen LogP contribution in [0.25, 0.3) is 0 Å². The fourth-order valence-corrected chi connectivity index (χ4v) is 1.51. The van der Waals surface area contributed by atoms with Crippen molar-refractivity contribution in [3.8, 4) is 0 Å². The quantitative estimate of drug-likeness (QED) is 0.523. The molecule has 0 spiro atoms. The molecule has 1 rings (SSSR count). The molecular weight excluding hydrogens is 230 g/mol. The Hall–Kier alpha value is -1.75. The van der Waals surface area contributed by atoms with E-state index in [-0.39, 0.29) is 11.9 Å². The standard InChI is InChI=1S/C13H21N3O2/c1-9-8-11(4-5-12(9)14)16-10(2)13(17)15-6-7-18-3/h4-5,8,10,16H,6-7,14H2,1-3H3,(H,15,17).